The Morgan fingerprint density at radius 1 is 0.378 bits per heavy atom. The summed E-state index contributed by atoms with van der Waals surface area (Å²) in [6.07, 6.45) is 47.2. The molecule has 0 fully saturated rings. The van der Waals surface area contributed by atoms with Crippen molar-refractivity contribution in [3.05, 3.63) is 0 Å². The Labute approximate surface area is 284 Å². The van der Waals surface area contributed by atoms with Gasteiger partial charge >= 0.3 is 5.97 Å². The second kappa shape index (κ2) is 37.9. The van der Waals surface area contributed by atoms with Gasteiger partial charge in [0.2, 0.25) is 0 Å². The van der Waals surface area contributed by atoms with E-state index in [2.05, 4.69) is 25.7 Å². The number of aliphatic carboxylic acids is 1. The van der Waals surface area contributed by atoms with Gasteiger partial charge < -0.3 is 5.11 Å². The van der Waals surface area contributed by atoms with Gasteiger partial charge in [-0.25, -0.2) is 0 Å². The van der Waals surface area contributed by atoms with Crippen molar-refractivity contribution in [3.63, 3.8) is 0 Å². The highest BCUT2D eigenvalue weighted by Crippen LogP contribution is 2.18. The van der Waals surface area contributed by atoms with E-state index in [1.54, 1.807) is 0 Å². The highest BCUT2D eigenvalue weighted by atomic mass is 16.4. The lowest BCUT2D eigenvalue weighted by Gasteiger charge is -2.29. The Kier molecular flexibility index (Phi) is 37.4. The van der Waals surface area contributed by atoms with Crippen molar-refractivity contribution in [2.24, 2.45) is 0 Å². The minimum Gasteiger partial charge on any atom is -0.480 e. The molecule has 0 spiro atoms. The topological polar surface area (TPSA) is 40.5 Å². The van der Waals surface area contributed by atoms with Crippen molar-refractivity contribution < 1.29 is 9.90 Å². The first-order valence-electron chi connectivity index (χ1n) is 21.1. The maximum atomic E-state index is 12.1. The van der Waals surface area contributed by atoms with Crippen molar-refractivity contribution in [2.75, 3.05) is 13.1 Å². The zero-order valence-electron chi connectivity index (χ0n) is 31.5. The number of rotatable bonds is 39. The average Bonchev–Trinajstić information content (AvgIpc) is 3.03. The number of hydrogen-bond donors (Lipinski definition) is 1. The van der Waals surface area contributed by atoms with E-state index < -0.39 is 5.97 Å². The molecule has 0 aromatic rings. The molecule has 1 N–H and O–H groups in total. The molecule has 3 nitrogen and oxygen atoms in total. The number of carboxylic acid groups (broad SMARTS) is 1. The van der Waals surface area contributed by atoms with Gasteiger partial charge in [0.25, 0.3) is 0 Å². The number of carboxylic acids is 1. The smallest absolute Gasteiger partial charge is 0.320 e. The van der Waals surface area contributed by atoms with E-state index in [1.807, 2.05) is 0 Å². The monoisotopic (exact) mass is 636 g/mol. The number of nitrogens with zero attached hydrogens (tertiary/aromatic N) is 1. The van der Waals surface area contributed by atoms with Gasteiger partial charge in [-0.3, -0.25) is 9.69 Å². The van der Waals surface area contributed by atoms with Crippen LogP contribution in [0.1, 0.15) is 245 Å². The number of carbonyl (C=O) groups is 1. The lowest BCUT2D eigenvalue weighted by atomic mass is 10.0. The highest BCUT2D eigenvalue weighted by Gasteiger charge is 2.24. The van der Waals surface area contributed by atoms with E-state index in [0.29, 0.717) is 0 Å². The van der Waals surface area contributed by atoms with Crippen LogP contribution in [-0.2, 0) is 4.79 Å². The molecule has 0 aliphatic carbocycles. The van der Waals surface area contributed by atoms with Crippen LogP contribution in [0.5, 0.6) is 0 Å². The van der Waals surface area contributed by atoms with E-state index in [9.17, 15) is 9.90 Å². The lowest BCUT2D eigenvalue weighted by Crippen LogP contribution is -2.42. The van der Waals surface area contributed by atoms with Crippen molar-refractivity contribution in [1.29, 1.82) is 0 Å². The Morgan fingerprint density at radius 2 is 0.600 bits per heavy atom. The minimum absolute atomic E-state index is 0.280. The summed E-state index contributed by atoms with van der Waals surface area (Å²) in [5.41, 5.74) is 0. The molecule has 0 aromatic heterocycles. The molecular weight excluding hydrogens is 550 g/mol. The van der Waals surface area contributed by atoms with Gasteiger partial charge in [-0.15, -0.1) is 0 Å². The minimum atomic E-state index is -0.601. The summed E-state index contributed by atoms with van der Waals surface area (Å²) in [5, 5.41) is 10.00. The van der Waals surface area contributed by atoms with E-state index >= 15 is 0 Å². The average molecular weight is 636 g/mol. The summed E-state index contributed by atoms with van der Waals surface area (Å²) in [5.74, 6) is -0.601. The van der Waals surface area contributed by atoms with E-state index in [1.165, 1.54) is 193 Å². The summed E-state index contributed by atoms with van der Waals surface area (Å²) >= 11 is 0. The molecule has 0 saturated carbocycles. The van der Waals surface area contributed by atoms with Crippen molar-refractivity contribution in [3.8, 4) is 0 Å². The molecule has 0 rings (SSSR count). The molecule has 270 valence electrons. The van der Waals surface area contributed by atoms with Crippen LogP contribution in [0.2, 0.25) is 0 Å². The van der Waals surface area contributed by atoms with Gasteiger partial charge in [0.1, 0.15) is 6.04 Å². The van der Waals surface area contributed by atoms with Crippen LogP contribution in [0.15, 0.2) is 0 Å². The molecule has 3 heteroatoms. The van der Waals surface area contributed by atoms with Gasteiger partial charge in [0.15, 0.2) is 0 Å². The molecule has 0 aromatic carbocycles. The quantitative estimate of drug-likeness (QED) is 0.0683. The second-order valence-electron chi connectivity index (χ2n) is 14.6. The molecular formula is C42H85NO2. The lowest BCUT2D eigenvalue weighted by molar-refractivity contribution is -0.143. The van der Waals surface area contributed by atoms with Crippen LogP contribution in [0.3, 0.4) is 0 Å². The summed E-state index contributed by atoms with van der Waals surface area (Å²) in [7, 11) is 0. The second-order valence-corrected chi connectivity index (χ2v) is 14.6. The van der Waals surface area contributed by atoms with Gasteiger partial charge in [-0.2, -0.15) is 0 Å². The Morgan fingerprint density at radius 3 is 0.822 bits per heavy atom. The first kappa shape index (κ1) is 44.4. The summed E-state index contributed by atoms with van der Waals surface area (Å²) in [6, 6.07) is -0.280. The fraction of sp³-hybridized carbons (Fsp3) is 0.976. The zero-order chi connectivity index (χ0) is 32.9. The Hall–Kier alpha value is -0.570. The van der Waals surface area contributed by atoms with Crippen LogP contribution in [-0.4, -0.2) is 35.1 Å². The summed E-state index contributed by atoms with van der Waals surface area (Å²) in [6.45, 7) is 8.70. The number of unbranched alkanes of at least 4 members (excludes halogenated alkanes) is 31. The standard InChI is InChI=1S/C42H85NO2/c1-4-7-10-12-14-16-18-20-22-24-26-28-30-32-34-36-39-43(41(42(44)45)38-9-6-3)40-37-35-33-31-29-27-25-23-21-19-17-15-13-11-8-5-2/h41H,4-40H2,1-3H3,(H,44,45). The van der Waals surface area contributed by atoms with Gasteiger partial charge in [-0.1, -0.05) is 226 Å². The fourth-order valence-corrected chi connectivity index (χ4v) is 7.01. The predicted molar refractivity (Wildman–Crippen MR) is 202 cm³/mol. The van der Waals surface area contributed by atoms with Gasteiger partial charge in [0, 0.05) is 0 Å². The molecule has 0 heterocycles. The molecule has 45 heavy (non-hydrogen) atoms. The molecule has 0 radical (unpaired) electrons. The fourth-order valence-electron chi connectivity index (χ4n) is 7.01. The summed E-state index contributed by atoms with van der Waals surface area (Å²) < 4.78 is 0. The maximum Gasteiger partial charge on any atom is 0.320 e. The molecule has 1 unspecified atom stereocenters. The number of hydrogen-bond acceptors (Lipinski definition) is 2. The SMILES string of the molecule is CCCCCCCCCCCCCCCCCCN(CCCCCCCCCCCCCCCCCC)C(CCCC)C(=O)O. The van der Waals surface area contributed by atoms with Crippen molar-refractivity contribution in [1.82, 2.24) is 4.90 Å². The van der Waals surface area contributed by atoms with Crippen LogP contribution in [0, 0.1) is 0 Å². The third-order valence-corrected chi connectivity index (χ3v) is 10.2. The third-order valence-electron chi connectivity index (χ3n) is 10.2. The van der Waals surface area contributed by atoms with Crippen LogP contribution in [0.4, 0.5) is 0 Å². The van der Waals surface area contributed by atoms with E-state index in [4.69, 9.17) is 0 Å². The molecule has 0 aliphatic heterocycles. The van der Waals surface area contributed by atoms with Crippen molar-refractivity contribution >= 4 is 5.97 Å². The molecule has 0 bridgehead atoms. The Bertz CT molecular complexity index is 529. The Balaban J connectivity index is 3.89. The van der Waals surface area contributed by atoms with Gasteiger partial charge in [0.05, 0.1) is 0 Å². The van der Waals surface area contributed by atoms with E-state index in [0.717, 1.165) is 45.2 Å². The molecule has 1 atom stereocenters. The first-order valence-corrected chi connectivity index (χ1v) is 21.1. The summed E-state index contributed by atoms with van der Waals surface area (Å²) in [4.78, 5) is 14.5. The predicted octanol–water partition coefficient (Wildman–Crippen LogP) is 14.5. The largest absolute Gasteiger partial charge is 0.480 e. The highest BCUT2D eigenvalue weighted by molar-refractivity contribution is 5.73. The van der Waals surface area contributed by atoms with Gasteiger partial charge in [-0.05, 0) is 32.4 Å². The van der Waals surface area contributed by atoms with E-state index in [-0.39, 0.29) is 6.04 Å². The maximum absolute atomic E-state index is 12.1. The zero-order valence-corrected chi connectivity index (χ0v) is 31.5. The molecule has 0 saturated heterocycles. The molecule has 0 aliphatic rings. The normalized spacial score (nSPS) is 12.4. The van der Waals surface area contributed by atoms with Crippen LogP contribution in [0.25, 0.3) is 0 Å². The molecule has 0 amide bonds. The first-order chi connectivity index (χ1) is 22.2. The third kappa shape index (κ3) is 33.1. The van der Waals surface area contributed by atoms with Crippen molar-refractivity contribution in [2.45, 2.75) is 252 Å². The van der Waals surface area contributed by atoms with Crippen LogP contribution >= 0.6 is 0 Å². The van der Waals surface area contributed by atoms with Crippen LogP contribution < -0.4 is 0 Å².